The molecule has 180 valence electrons. The van der Waals surface area contributed by atoms with E-state index in [2.05, 4.69) is 38.7 Å². The van der Waals surface area contributed by atoms with Gasteiger partial charge in [0.1, 0.15) is 6.61 Å². The lowest BCUT2D eigenvalue weighted by Gasteiger charge is -2.21. The van der Waals surface area contributed by atoms with E-state index in [0.29, 0.717) is 10.2 Å². The Morgan fingerprint density at radius 2 is 1.57 bits per heavy atom. The van der Waals surface area contributed by atoms with Crippen molar-refractivity contribution in [3.63, 3.8) is 0 Å². The second-order valence-electron chi connectivity index (χ2n) is 8.57. The van der Waals surface area contributed by atoms with Gasteiger partial charge in [-0.1, -0.05) is 71.4 Å². The van der Waals surface area contributed by atoms with Gasteiger partial charge < -0.3 is 20.5 Å². The highest BCUT2D eigenvalue weighted by Gasteiger charge is 2.29. The maximum atomic E-state index is 12.7. The molecule has 0 heterocycles. The Morgan fingerprint density at radius 3 is 2.17 bits per heavy atom. The van der Waals surface area contributed by atoms with Gasteiger partial charge in [0.2, 0.25) is 5.91 Å². The molecule has 0 bridgehead atoms. The Hall–Kier alpha value is -3.65. The van der Waals surface area contributed by atoms with Gasteiger partial charge in [0.15, 0.2) is 0 Å². The fourth-order valence-corrected chi connectivity index (χ4v) is 4.71. The van der Waals surface area contributed by atoms with Gasteiger partial charge in [-0.05, 0) is 47.4 Å². The van der Waals surface area contributed by atoms with E-state index < -0.39 is 24.0 Å². The number of amides is 2. The number of hydrogen-bond donors (Lipinski definition) is 3. The molecule has 1 aliphatic rings. The molecule has 0 aliphatic heterocycles. The van der Waals surface area contributed by atoms with Crippen molar-refractivity contribution in [3.8, 4) is 11.1 Å². The Labute approximate surface area is 211 Å². The first-order valence-electron chi connectivity index (χ1n) is 11.2. The van der Waals surface area contributed by atoms with Crippen LogP contribution in [0.3, 0.4) is 0 Å². The number of hydrogen-bond acceptors (Lipinski definition) is 4. The van der Waals surface area contributed by atoms with E-state index in [1.165, 1.54) is 12.1 Å². The first kappa shape index (κ1) is 24.5. The molecule has 0 saturated carbocycles. The molecule has 0 radical (unpaired) electrons. The number of aromatic carboxylic acids is 1. The summed E-state index contributed by atoms with van der Waals surface area (Å²) < 4.78 is 6.10. The van der Waals surface area contributed by atoms with Gasteiger partial charge in [0.25, 0.3) is 0 Å². The molecule has 2 unspecified atom stereocenters. The first-order valence-corrected chi connectivity index (χ1v) is 12.0. The number of alkyl carbamates (subject to hydrolysis) is 1. The Balaban J connectivity index is 1.35. The molecular weight excluding hydrogens is 512 g/mol. The summed E-state index contributed by atoms with van der Waals surface area (Å²) in [7, 11) is 0. The van der Waals surface area contributed by atoms with Crippen LogP contribution in [0.4, 0.5) is 10.5 Å². The fraction of sp³-hybridized carbons (Fsp3) is 0.222. The largest absolute Gasteiger partial charge is 0.478 e. The van der Waals surface area contributed by atoms with Gasteiger partial charge >= 0.3 is 12.1 Å². The quantitative estimate of drug-likeness (QED) is 0.362. The van der Waals surface area contributed by atoms with Crippen LogP contribution in [-0.4, -0.2) is 35.7 Å². The molecule has 2 amide bonds. The summed E-state index contributed by atoms with van der Waals surface area (Å²) in [5.41, 5.74) is 4.94. The number of rotatable bonds is 7. The lowest BCUT2D eigenvalue weighted by molar-refractivity contribution is -0.120. The van der Waals surface area contributed by atoms with Crippen molar-refractivity contribution in [2.75, 3.05) is 11.9 Å². The second kappa shape index (κ2) is 10.3. The third-order valence-corrected chi connectivity index (χ3v) is 6.72. The number of halogens is 1. The third-order valence-electron chi connectivity index (χ3n) is 6.27. The van der Waals surface area contributed by atoms with Crippen molar-refractivity contribution in [3.05, 3.63) is 87.9 Å². The predicted octanol–water partition coefficient (Wildman–Crippen LogP) is 5.65. The Bertz CT molecular complexity index is 1250. The smallest absolute Gasteiger partial charge is 0.407 e. The highest BCUT2D eigenvalue weighted by atomic mass is 79.9. The molecule has 8 heteroatoms. The minimum absolute atomic E-state index is 0.0483. The fourth-order valence-electron chi connectivity index (χ4n) is 4.22. The Kier molecular flexibility index (Phi) is 7.21. The number of ether oxygens (including phenoxy) is 1. The van der Waals surface area contributed by atoms with Gasteiger partial charge in [-0.15, -0.1) is 0 Å². The van der Waals surface area contributed by atoms with E-state index in [4.69, 9.17) is 4.74 Å². The van der Waals surface area contributed by atoms with Gasteiger partial charge in [-0.3, -0.25) is 4.79 Å². The lowest BCUT2D eigenvalue weighted by Crippen LogP contribution is -2.42. The van der Waals surface area contributed by atoms with E-state index in [9.17, 15) is 19.5 Å². The summed E-state index contributed by atoms with van der Waals surface area (Å²) >= 11 is 3.25. The van der Waals surface area contributed by atoms with Crippen LogP contribution >= 0.6 is 15.9 Å². The van der Waals surface area contributed by atoms with Crippen molar-refractivity contribution in [2.24, 2.45) is 5.92 Å². The summed E-state index contributed by atoms with van der Waals surface area (Å²) in [5.74, 6) is -2.10. The van der Waals surface area contributed by atoms with Gasteiger partial charge in [0, 0.05) is 22.1 Å². The number of anilines is 1. The van der Waals surface area contributed by atoms with E-state index in [1.54, 1.807) is 19.9 Å². The molecule has 3 aromatic carbocycles. The number of nitrogens with one attached hydrogen (secondary N) is 2. The number of carboxylic acids is 1. The van der Waals surface area contributed by atoms with Gasteiger partial charge in [-0.2, -0.15) is 0 Å². The number of fused-ring (bicyclic) bond motifs is 3. The molecule has 0 aromatic heterocycles. The number of benzene rings is 3. The summed E-state index contributed by atoms with van der Waals surface area (Å²) in [4.78, 5) is 36.5. The number of carboxylic acid groups (broad SMARTS) is 1. The maximum Gasteiger partial charge on any atom is 0.407 e. The van der Waals surface area contributed by atoms with Crippen LogP contribution < -0.4 is 10.6 Å². The minimum atomic E-state index is -1.10. The number of carbonyl (C=O) groups is 3. The average Bonchev–Trinajstić information content (AvgIpc) is 3.15. The van der Waals surface area contributed by atoms with Crippen molar-refractivity contribution in [2.45, 2.75) is 25.8 Å². The van der Waals surface area contributed by atoms with Crippen LogP contribution in [-0.2, 0) is 9.53 Å². The summed E-state index contributed by atoms with van der Waals surface area (Å²) in [6.07, 6.45) is -0.602. The monoisotopic (exact) mass is 536 g/mol. The number of carbonyl (C=O) groups excluding carboxylic acids is 2. The van der Waals surface area contributed by atoms with Gasteiger partial charge in [0.05, 0.1) is 11.5 Å². The van der Waals surface area contributed by atoms with E-state index >= 15 is 0 Å². The zero-order chi connectivity index (χ0) is 25.1. The molecule has 1 aliphatic carbocycles. The molecule has 3 aromatic rings. The SMILES string of the molecule is CC(NC(=O)OCC1c2ccccc2-c2ccccc21)C(C)C(=O)Nc1cc(Br)cc(C(=O)O)c1. The van der Waals surface area contributed by atoms with Crippen LogP contribution in [0.25, 0.3) is 11.1 Å². The summed E-state index contributed by atoms with van der Waals surface area (Å²) in [6.45, 7) is 3.58. The van der Waals surface area contributed by atoms with Gasteiger partial charge in [-0.25, -0.2) is 9.59 Å². The summed E-state index contributed by atoms with van der Waals surface area (Å²) in [5, 5.41) is 14.6. The van der Waals surface area contributed by atoms with Crippen molar-refractivity contribution in [1.82, 2.24) is 5.32 Å². The normalized spacial score (nSPS) is 13.8. The van der Waals surface area contributed by atoms with Crippen LogP contribution in [0.1, 0.15) is 41.3 Å². The molecule has 2 atom stereocenters. The average molecular weight is 537 g/mol. The molecule has 4 rings (SSSR count). The zero-order valence-electron chi connectivity index (χ0n) is 19.2. The minimum Gasteiger partial charge on any atom is -0.478 e. The third kappa shape index (κ3) is 5.38. The first-order chi connectivity index (χ1) is 16.7. The van der Waals surface area contributed by atoms with Crippen LogP contribution in [0.2, 0.25) is 0 Å². The zero-order valence-corrected chi connectivity index (χ0v) is 20.8. The Morgan fingerprint density at radius 1 is 0.971 bits per heavy atom. The van der Waals surface area contributed by atoms with Crippen LogP contribution in [0.5, 0.6) is 0 Å². The highest BCUT2D eigenvalue weighted by molar-refractivity contribution is 9.10. The second-order valence-corrected chi connectivity index (χ2v) is 9.49. The van der Waals surface area contributed by atoms with Crippen molar-refractivity contribution in [1.29, 1.82) is 0 Å². The summed E-state index contributed by atoms with van der Waals surface area (Å²) in [6, 6.07) is 20.1. The van der Waals surface area contributed by atoms with Crippen LogP contribution in [0, 0.1) is 5.92 Å². The molecule has 0 fully saturated rings. The van der Waals surface area contributed by atoms with E-state index in [0.717, 1.165) is 22.3 Å². The molecular formula is C27H25BrN2O5. The molecule has 3 N–H and O–H groups in total. The van der Waals surface area contributed by atoms with Crippen molar-refractivity contribution < 1.29 is 24.2 Å². The maximum absolute atomic E-state index is 12.7. The highest BCUT2D eigenvalue weighted by Crippen LogP contribution is 2.44. The topological polar surface area (TPSA) is 105 Å². The lowest BCUT2D eigenvalue weighted by atomic mass is 9.98. The van der Waals surface area contributed by atoms with Crippen LogP contribution in [0.15, 0.2) is 71.2 Å². The predicted molar refractivity (Wildman–Crippen MR) is 137 cm³/mol. The molecule has 7 nitrogen and oxygen atoms in total. The molecule has 0 saturated heterocycles. The molecule has 0 spiro atoms. The van der Waals surface area contributed by atoms with E-state index in [-0.39, 0.29) is 24.0 Å². The van der Waals surface area contributed by atoms with Crippen molar-refractivity contribution >= 4 is 39.6 Å². The standard InChI is InChI=1S/C27H25BrN2O5/c1-15(25(31)30-19-12-17(26(32)33)11-18(28)13-19)16(2)29-27(34)35-14-24-22-9-5-3-7-20(22)21-8-4-6-10-23(21)24/h3-13,15-16,24H,14H2,1-2H3,(H,29,34)(H,30,31)(H,32,33). The molecule has 35 heavy (non-hydrogen) atoms. The van der Waals surface area contributed by atoms with E-state index in [1.807, 2.05) is 36.4 Å².